The number of hydrogen-bond acceptors (Lipinski definition) is 5. The van der Waals surface area contributed by atoms with Gasteiger partial charge >= 0.3 is 0 Å². The molecule has 1 spiro atoms. The van der Waals surface area contributed by atoms with Crippen molar-refractivity contribution in [1.82, 2.24) is 9.88 Å². The molecule has 2 aliphatic heterocycles. The van der Waals surface area contributed by atoms with Gasteiger partial charge in [0.15, 0.2) is 0 Å². The van der Waals surface area contributed by atoms with Gasteiger partial charge in [-0.1, -0.05) is 0 Å². The van der Waals surface area contributed by atoms with Gasteiger partial charge in [-0.2, -0.15) is 0 Å². The third-order valence-corrected chi connectivity index (χ3v) is 5.15. The Morgan fingerprint density at radius 1 is 1.17 bits per heavy atom. The molecule has 0 N–H and O–H groups in total. The number of nitrogens with zero attached hydrogens (tertiary/aromatic N) is 3. The summed E-state index contributed by atoms with van der Waals surface area (Å²) in [6, 6.07) is 8.19. The molecule has 0 saturated carbocycles. The van der Waals surface area contributed by atoms with Crippen molar-refractivity contribution in [3.05, 3.63) is 48.7 Å². The van der Waals surface area contributed by atoms with Gasteiger partial charge in [0.05, 0.1) is 37.9 Å². The summed E-state index contributed by atoms with van der Waals surface area (Å²) < 4.78 is 11.5. The Morgan fingerprint density at radius 2 is 2.17 bits per heavy atom. The molecule has 0 unspecified atom stereocenters. The van der Waals surface area contributed by atoms with Crippen molar-refractivity contribution in [3.8, 4) is 0 Å². The molecule has 5 heteroatoms. The van der Waals surface area contributed by atoms with Crippen molar-refractivity contribution in [2.45, 2.75) is 19.4 Å². The number of anilines is 1. The first-order valence-electron chi connectivity index (χ1n) is 8.81. The van der Waals surface area contributed by atoms with Gasteiger partial charge in [0, 0.05) is 31.2 Å². The van der Waals surface area contributed by atoms with Crippen LogP contribution in [0.15, 0.2) is 47.3 Å². The lowest BCUT2D eigenvalue weighted by Crippen LogP contribution is -2.50. The maximum absolute atomic E-state index is 6.01. The first kappa shape index (κ1) is 15.7. The third kappa shape index (κ3) is 3.47. The SMILES string of the molecule is c1cncc(N2CCOC[C@]3(CCCN(Cc4ccco4)C3)C2)c1. The molecule has 24 heavy (non-hydrogen) atoms. The van der Waals surface area contributed by atoms with Gasteiger partial charge in [-0.15, -0.1) is 0 Å². The highest BCUT2D eigenvalue weighted by molar-refractivity contribution is 5.44. The van der Waals surface area contributed by atoms with E-state index in [9.17, 15) is 0 Å². The Balaban J connectivity index is 1.49. The maximum Gasteiger partial charge on any atom is 0.117 e. The van der Waals surface area contributed by atoms with E-state index in [0.29, 0.717) is 0 Å². The fourth-order valence-corrected chi connectivity index (χ4v) is 4.07. The minimum atomic E-state index is 0.192. The van der Waals surface area contributed by atoms with Crippen molar-refractivity contribution in [2.24, 2.45) is 5.41 Å². The lowest BCUT2D eigenvalue weighted by molar-refractivity contribution is 0.00881. The zero-order valence-electron chi connectivity index (χ0n) is 14.1. The molecule has 2 fully saturated rings. The van der Waals surface area contributed by atoms with Gasteiger partial charge in [-0.25, -0.2) is 0 Å². The largest absolute Gasteiger partial charge is 0.468 e. The highest BCUT2D eigenvalue weighted by Crippen LogP contribution is 2.35. The van der Waals surface area contributed by atoms with Crippen molar-refractivity contribution in [2.75, 3.05) is 44.3 Å². The van der Waals surface area contributed by atoms with E-state index in [1.165, 1.54) is 18.5 Å². The van der Waals surface area contributed by atoms with Crippen molar-refractivity contribution < 1.29 is 9.15 Å². The monoisotopic (exact) mass is 327 g/mol. The number of hydrogen-bond donors (Lipinski definition) is 0. The Kier molecular flexibility index (Phi) is 4.54. The predicted molar refractivity (Wildman–Crippen MR) is 92.9 cm³/mol. The summed E-state index contributed by atoms with van der Waals surface area (Å²) in [5.41, 5.74) is 1.39. The molecule has 2 aliphatic rings. The van der Waals surface area contributed by atoms with Crippen molar-refractivity contribution >= 4 is 5.69 Å². The molecule has 4 heterocycles. The molecule has 0 radical (unpaired) electrons. The number of furan rings is 1. The topological polar surface area (TPSA) is 41.7 Å². The average molecular weight is 327 g/mol. The molecule has 0 bridgehead atoms. The predicted octanol–water partition coefficient (Wildman–Crippen LogP) is 2.79. The average Bonchev–Trinajstić information content (AvgIpc) is 3.03. The summed E-state index contributed by atoms with van der Waals surface area (Å²) >= 11 is 0. The number of pyridine rings is 1. The highest BCUT2D eigenvalue weighted by atomic mass is 16.5. The molecular weight excluding hydrogens is 302 g/mol. The summed E-state index contributed by atoms with van der Waals surface area (Å²) in [6.07, 6.45) is 7.99. The molecule has 0 aromatic carbocycles. The van der Waals surface area contributed by atoms with E-state index in [1.807, 2.05) is 24.5 Å². The van der Waals surface area contributed by atoms with Crippen LogP contribution in [0.4, 0.5) is 5.69 Å². The first-order chi connectivity index (χ1) is 11.8. The van der Waals surface area contributed by atoms with Crippen LogP contribution in [0.3, 0.4) is 0 Å². The van der Waals surface area contributed by atoms with Crippen LogP contribution in [0.5, 0.6) is 0 Å². The van der Waals surface area contributed by atoms with E-state index in [-0.39, 0.29) is 5.41 Å². The standard InChI is InChI=1S/C19H25N3O2/c1-4-17(12-20-7-1)22-9-11-23-16-19(15-22)6-3-8-21(14-19)13-18-5-2-10-24-18/h1-2,4-5,7,10,12H,3,6,8-9,11,13-16H2/t19-/m0/s1. The zero-order valence-corrected chi connectivity index (χ0v) is 14.1. The van der Waals surface area contributed by atoms with E-state index >= 15 is 0 Å². The minimum absolute atomic E-state index is 0.192. The van der Waals surface area contributed by atoms with Crippen LogP contribution < -0.4 is 4.90 Å². The van der Waals surface area contributed by atoms with E-state index in [2.05, 4.69) is 26.9 Å². The van der Waals surface area contributed by atoms with Crippen LogP contribution in [0.2, 0.25) is 0 Å². The lowest BCUT2D eigenvalue weighted by Gasteiger charge is -2.43. The van der Waals surface area contributed by atoms with Gasteiger partial charge in [0.2, 0.25) is 0 Å². The first-order valence-corrected chi connectivity index (χ1v) is 8.81. The van der Waals surface area contributed by atoms with Crippen LogP contribution in [-0.4, -0.2) is 49.3 Å². The molecule has 2 aromatic rings. The fraction of sp³-hybridized carbons (Fsp3) is 0.526. The Hall–Kier alpha value is -1.85. The van der Waals surface area contributed by atoms with Gasteiger partial charge in [-0.3, -0.25) is 9.88 Å². The minimum Gasteiger partial charge on any atom is -0.468 e. The maximum atomic E-state index is 6.01. The number of ether oxygens (including phenoxy) is 1. The molecule has 0 aliphatic carbocycles. The van der Waals surface area contributed by atoms with Crippen LogP contribution in [-0.2, 0) is 11.3 Å². The quantitative estimate of drug-likeness (QED) is 0.867. The van der Waals surface area contributed by atoms with E-state index < -0.39 is 0 Å². The zero-order chi connectivity index (χ0) is 16.2. The molecule has 2 aromatic heterocycles. The Morgan fingerprint density at radius 3 is 3.00 bits per heavy atom. The fourth-order valence-electron chi connectivity index (χ4n) is 4.07. The molecule has 4 rings (SSSR count). The molecule has 5 nitrogen and oxygen atoms in total. The summed E-state index contributed by atoms with van der Waals surface area (Å²) in [6.45, 7) is 6.69. The molecule has 1 atom stereocenters. The number of aromatic nitrogens is 1. The molecular formula is C19H25N3O2. The van der Waals surface area contributed by atoms with Crippen LogP contribution in [0, 0.1) is 5.41 Å². The van der Waals surface area contributed by atoms with Crippen LogP contribution in [0.1, 0.15) is 18.6 Å². The summed E-state index contributed by atoms with van der Waals surface area (Å²) in [5.74, 6) is 1.05. The summed E-state index contributed by atoms with van der Waals surface area (Å²) in [7, 11) is 0. The van der Waals surface area contributed by atoms with Gasteiger partial charge < -0.3 is 14.1 Å². The van der Waals surface area contributed by atoms with E-state index in [0.717, 1.165) is 51.7 Å². The molecule has 2 saturated heterocycles. The second-order valence-electron chi connectivity index (χ2n) is 7.08. The molecule has 128 valence electrons. The summed E-state index contributed by atoms with van der Waals surface area (Å²) in [4.78, 5) is 9.24. The lowest BCUT2D eigenvalue weighted by atomic mass is 9.80. The molecule has 0 amide bonds. The van der Waals surface area contributed by atoms with Gasteiger partial charge in [0.1, 0.15) is 5.76 Å². The summed E-state index contributed by atoms with van der Waals surface area (Å²) in [5, 5.41) is 0. The van der Waals surface area contributed by atoms with Crippen LogP contribution >= 0.6 is 0 Å². The van der Waals surface area contributed by atoms with Crippen LogP contribution in [0.25, 0.3) is 0 Å². The Labute approximate surface area is 143 Å². The number of rotatable bonds is 3. The number of piperidine rings is 1. The van der Waals surface area contributed by atoms with E-state index in [1.54, 1.807) is 6.26 Å². The van der Waals surface area contributed by atoms with Crippen molar-refractivity contribution in [1.29, 1.82) is 0 Å². The second kappa shape index (κ2) is 6.95. The van der Waals surface area contributed by atoms with Crippen molar-refractivity contribution in [3.63, 3.8) is 0 Å². The highest BCUT2D eigenvalue weighted by Gasteiger charge is 2.39. The van der Waals surface area contributed by atoms with Gasteiger partial charge in [0.25, 0.3) is 0 Å². The smallest absolute Gasteiger partial charge is 0.117 e. The normalized spacial score (nSPS) is 25.8. The van der Waals surface area contributed by atoms with E-state index in [4.69, 9.17) is 9.15 Å². The number of likely N-dealkylation sites (tertiary alicyclic amines) is 1. The second-order valence-corrected chi connectivity index (χ2v) is 7.08. The Bertz CT molecular complexity index is 631. The third-order valence-electron chi connectivity index (χ3n) is 5.15. The van der Waals surface area contributed by atoms with Gasteiger partial charge in [-0.05, 0) is 43.7 Å².